The third-order valence-corrected chi connectivity index (χ3v) is 6.28. The Bertz CT molecular complexity index is 746. The van der Waals surface area contributed by atoms with Gasteiger partial charge in [-0.25, -0.2) is 4.79 Å². The number of carbonyl (C=O) groups is 2. The maximum Gasteiger partial charge on any atom is 0.410 e. The molecule has 0 aromatic heterocycles. The van der Waals surface area contributed by atoms with Gasteiger partial charge in [0.25, 0.3) is 0 Å². The molecule has 1 saturated carbocycles. The van der Waals surface area contributed by atoms with E-state index in [1.807, 2.05) is 0 Å². The molecular formula is C23H34N2O5. The Balaban J connectivity index is 1.40. The number of carbonyl (C=O) groups excluding carboxylic acids is 2. The largest absolute Gasteiger partial charge is 0.504 e. The van der Waals surface area contributed by atoms with Gasteiger partial charge in [-0.1, -0.05) is 19.9 Å². The Morgan fingerprint density at radius 2 is 1.83 bits per heavy atom. The van der Waals surface area contributed by atoms with E-state index in [0.717, 1.165) is 44.1 Å². The lowest BCUT2D eigenvalue weighted by Gasteiger charge is -2.36. The number of likely N-dealkylation sites (tertiary alicyclic amines) is 1. The normalized spacial score (nSPS) is 19.9. The molecule has 7 nitrogen and oxygen atoms in total. The number of phenolic OH excluding ortho intramolecular Hbond substituents is 1. The zero-order chi connectivity index (χ0) is 21.7. The molecule has 30 heavy (non-hydrogen) atoms. The van der Waals surface area contributed by atoms with E-state index in [0.29, 0.717) is 24.3 Å². The summed E-state index contributed by atoms with van der Waals surface area (Å²) in [5.74, 6) is 0.333. The van der Waals surface area contributed by atoms with Crippen molar-refractivity contribution in [1.82, 2.24) is 10.2 Å². The van der Waals surface area contributed by atoms with Gasteiger partial charge in [-0.3, -0.25) is 4.79 Å². The van der Waals surface area contributed by atoms with Crippen molar-refractivity contribution in [2.75, 3.05) is 20.2 Å². The van der Waals surface area contributed by atoms with E-state index < -0.39 is 0 Å². The van der Waals surface area contributed by atoms with Crippen LogP contribution in [0.2, 0.25) is 0 Å². The van der Waals surface area contributed by atoms with Crippen LogP contribution in [-0.2, 0) is 16.0 Å². The van der Waals surface area contributed by atoms with Crippen molar-refractivity contribution in [1.29, 1.82) is 0 Å². The van der Waals surface area contributed by atoms with Gasteiger partial charge in [-0.05, 0) is 61.6 Å². The molecule has 1 aliphatic heterocycles. The minimum atomic E-state index is -0.222. The molecule has 1 aliphatic carbocycles. The molecule has 0 unspecified atom stereocenters. The quantitative estimate of drug-likeness (QED) is 0.762. The Labute approximate surface area is 178 Å². The number of ether oxygens (including phenoxy) is 2. The number of nitrogens with zero attached hydrogens (tertiary/aromatic N) is 1. The summed E-state index contributed by atoms with van der Waals surface area (Å²) in [5, 5.41) is 12.7. The smallest absolute Gasteiger partial charge is 0.410 e. The van der Waals surface area contributed by atoms with E-state index in [-0.39, 0.29) is 36.3 Å². The van der Waals surface area contributed by atoms with E-state index in [1.165, 1.54) is 13.2 Å². The fourth-order valence-electron chi connectivity index (χ4n) is 4.21. The van der Waals surface area contributed by atoms with Crippen LogP contribution in [0.25, 0.3) is 0 Å². The summed E-state index contributed by atoms with van der Waals surface area (Å²) in [5.41, 5.74) is 1.13. The highest BCUT2D eigenvalue weighted by Crippen LogP contribution is 2.36. The molecule has 2 N–H and O–H groups in total. The van der Waals surface area contributed by atoms with Crippen molar-refractivity contribution in [2.45, 2.75) is 70.9 Å². The van der Waals surface area contributed by atoms with Crippen LogP contribution in [0.15, 0.2) is 18.2 Å². The highest BCUT2D eigenvalue weighted by molar-refractivity contribution is 5.79. The first kappa shape index (κ1) is 22.2. The number of aromatic hydroxyl groups is 1. The number of amides is 2. The second-order valence-corrected chi connectivity index (χ2v) is 9.26. The van der Waals surface area contributed by atoms with Crippen molar-refractivity contribution >= 4 is 12.0 Å². The maximum absolute atomic E-state index is 12.5. The van der Waals surface area contributed by atoms with Crippen LogP contribution in [0.4, 0.5) is 4.79 Å². The maximum atomic E-state index is 12.5. The van der Waals surface area contributed by atoms with Gasteiger partial charge in [0, 0.05) is 19.1 Å². The summed E-state index contributed by atoms with van der Waals surface area (Å²) in [4.78, 5) is 26.6. The lowest BCUT2D eigenvalue weighted by molar-refractivity contribution is -0.121. The molecule has 1 aromatic carbocycles. The fourth-order valence-corrected chi connectivity index (χ4v) is 4.21. The molecule has 1 heterocycles. The van der Waals surface area contributed by atoms with Gasteiger partial charge in [0.05, 0.1) is 13.5 Å². The fraction of sp³-hybridized carbons (Fsp3) is 0.652. The van der Waals surface area contributed by atoms with Gasteiger partial charge in [-0.2, -0.15) is 0 Å². The molecule has 166 valence electrons. The van der Waals surface area contributed by atoms with Crippen LogP contribution in [-0.4, -0.2) is 54.4 Å². The topological polar surface area (TPSA) is 88.1 Å². The molecule has 2 aliphatic rings. The number of nitrogens with one attached hydrogen (secondary N) is 1. The summed E-state index contributed by atoms with van der Waals surface area (Å²) in [6, 6.07) is 4.96. The predicted octanol–water partition coefficient (Wildman–Crippen LogP) is 3.63. The van der Waals surface area contributed by atoms with Crippen LogP contribution in [0.3, 0.4) is 0 Å². The van der Waals surface area contributed by atoms with Gasteiger partial charge in [-0.15, -0.1) is 0 Å². The number of phenols is 1. The zero-order valence-corrected chi connectivity index (χ0v) is 18.3. The average molecular weight is 419 g/mol. The summed E-state index contributed by atoms with van der Waals surface area (Å²) in [6.45, 7) is 5.72. The Kier molecular flexibility index (Phi) is 7.10. The number of rotatable bonds is 5. The number of methoxy groups -OCH3 is 1. The Hall–Kier alpha value is -2.44. The first-order valence-electron chi connectivity index (χ1n) is 10.9. The zero-order valence-electron chi connectivity index (χ0n) is 18.3. The van der Waals surface area contributed by atoms with Crippen LogP contribution < -0.4 is 10.1 Å². The van der Waals surface area contributed by atoms with Gasteiger partial charge in [0.2, 0.25) is 5.91 Å². The third kappa shape index (κ3) is 6.03. The Morgan fingerprint density at radius 3 is 2.47 bits per heavy atom. The van der Waals surface area contributed by atoms with Crippen LogP contribution in [0, 0.1) is 5.41 Å². The summed E-state index contributed by atoms with van der Waals surface area (Å²) in [7, 11) is 1.48. The summed E-state index contributed by atoms with van der Waals surface area (Å²) in [6.07, 6.45) is 5.52. The molecule has 0 bridgehead atoms. The van der Waals surface area contributed by atoms with Crippen molar-refractivity contribution in [3.05, 3.63) is 23.8 Å². The van der Waals surface area contributed by atoms with Crippen LogP contribution in [0.1, 0.15) is 57.9 Å². The van der Waals surface area contributed by atoms with E-state index in [4.69, 9.17) is 9.47 Å². The summed E-state index contributed by atoms with van der Waals surface area (Å²) >= 11 is 0. The lowest BCUT2D eigenvalue weighted by Crippen LogP contribution is -2.47. The number of hydrogen-bond acceptors (Lipinski definition) is 5. The van der Waals surface area contributed by atoms with Gasteiger partial charge >= 0.3 is 6.09 Å². The standard InChI is InChI=1S/C23H34N2O5/c1-23(2)10-6-18(7-11-23)30-22(28)25-12-8-17(9-13-25)24-21(27)15-16-4-5-19(26)20(14-16)29-3/h4-5,14,17-18,26H,6-13,15H2,1-3H3,(H,24,27). The molecular weight excluding hydrogens is 384 g/mol. The minimum Gasteiger partial charge on any atom is -0.504 e. The van der Waals surface area contributed by atoms with E-state index in [2.05, 4.69) is 19.2 Å². The molecule has 1 aromatic rings. The molecule has 0 atom stereocenters. The van der Waals surface area contributed by atoms with Gasteiger partial charge in [0.1, 0.15) is 6.10 Å². The SMILES string of the molecule is COc1cc(CC(=O)NC2CCN(C(=O)OC3CCC(C)(C)CC3)CC2)ccc1O. The molecule has 1 saturated heterocycles. The predicted molar refractivity (Wildman–Crippen MR) is 114 cm³/mol. The van der Waals surface area contributed by atoms with Gasteiger partial charge in [0.15, 0.2) is 11.5 Å². The molecule has 0 spiro atoms. The van der Waals surface area contributed by atoms with Crippen molar-refractivity contribution in [3.8, 4) is 11.5 Å². The third-order valence-electron chi connectivity index (χ3n) is 6.28. The van der Waals surface area contributed by atoms with Crippen molar-refractivity contribution in [3.63, 3.8) is 0 Å². The second kappa shape index (κ2) is 9.58. The van der Waals surface area contributed by atoms with Crippen LogP contribution >= 0.6 is 0 Å². The molecule has 2 amide bonds. The highest BCUT2D eigenvalue weighted by Gasteiger charge is 2.31. The van der Waals surface area contributed by atoms with E-state index >= 15 is 0 Å². The molecule has 3 rings (SSSR count). The second-order valence-electron chi connectivity index (χ2n) is 9.26. The first-order chi connectivity index (χ1) is 14.3. The summed E-state index contributed by atoms with van der Waals surface area (Å²) < 4.78 is 10.8. The number of hydrogen-bond donors (Lipinski definition) is 2. The average Bonchev–Trinajstić information content (AvgIpc) is 2.71. The van der Waals surface area contributed by atoms with E-state index in [9.17, 15) is 14.7 Å². The highest BCUT2D eigenvalue weighted by atomic mass is 16.6. The monoisotopic (exact) mass is 418 g/mol. The van der Waals surface area contributed by atoms with E-state index in [1.54, 1.807) is 17.0 Å². The minimum absolute atomic E-state index is 0.0326. The van der Waals surface area contributed by atoms with Crippen molar-refractivity contribution < 1.29 is 24.2 Å². The Morgan fingerprint density at radius 1 is 1.17 bits per heavy atom. The molecule has 7 heteroatoms. The van der Waals surface area contributed by atoms with Crippen LogP contribution in [0.5, 0.6) is 11.5 Å². The number of piperidine rings is 1. The van der Waals surface area contributed by atoms with Crippen molar-refractivity contribution in [2.24, 2.45) is 5.41 Å². The van der Waals surface area contributed by atoms with Gasteiger partial charge < -0.3 is 24.8 Å². The first-order valence-corrected chi connectivity index (χ1v) is 10.9. The molecule has 0 radical (unpaired) electrons. The lowest BCUT2D eigenvalue weighted by atomic mass is 9.76. The number of benzene rings is 1. The molecule has 2 fully saturated rings.